The first-order valence-electron chi connectivity index (χ1n) is 3.66. The molecule has 4 nitrogen and oxygen atoms in total. The third kappa shape index (κ3) is 1.77. The zero-order valence-electron chi connectivity index (χ0n) is 7.26. The molecule has 0 amide bonds. The van der Waals surface area contributed by atoms with Gasteiger partial charge in [0.05, 0.1) is 18.3 Å². The van der Waals surface area contributed by atoms with Crippen molar-refractivity contribution in [1.82, 2.24) is 15.1 Å². The van der Waals surface area contributed by atoms with Crippen LogP contribution in [0.5, 0.6) is 0 Å². The molecule has 12 heavy (non-hydrogen) atoms. The Morgan fingerprint density at radius 1 is 1.75 bits per heavy atom. The molecule has 0 atom stereocenters. The molecule has 0 aliphatic carbocycles. The molecule has 4 heteroatoms. The zero-order chi connectivity index (χ0) is 8.97. The van der Waals surface area contributed by atoms with Gasteiger partial charge in [-0.15, -0.1) is 0 Å². The van der Waals surface area contributed by atoms with E-state index in [0.717, 1.165) is 5.56 Å². The number of anilines is 1. The Bertz CT molecular complexity index is 316. The third-order valence-electron chi connectivity index (χ3n) is 1.47. The van der Waals surface area contributed by atoms with E-state index in [2.05, 4.69) is 22.3 Å². The van der Waals surface area contributed by atoms with Crippen molar-refractivity contribution in [2.24, 2.45) is 7.05 Å². The smallest absolute Gasteiger partial charge is 0.137 e. The fourth-order valence-corrected chi connectivity index (χ4v) is 0.771. The number of nitrogen functional groups attached to an aromatic ring is 1. The molecule has 0 aliphatic rings. The first-order valence-corrected chi connectivity index (χ1v) is 3.66. The SMILES string of the molecule is CNCC#Cc1cnn(C)c1N. The van der Waals surface area contributed by atoms with Gasteiger partial charge >= 0.3 is 0 Å². The van der Waals surface area contributed by atoms with Gasteiger partial charge < -0.3 is 11.1 Å². The second-order valence-corrected chi connectivity index (χ2v) is 2.40. The normalized spacial score (nSPS) is 9.17. The van der Waals surface area contributed by atoms with E-state index in [1.165, 1.54) is 0 Å². The Hall–Kier alpha value is -1.47. The summed E-state index contributed by atoms with van der Waals surface area (Å²) in [6, 6.07) is 0. The first kappa shape index (κ1) is 8.62. The average Bonchev–Trinajstić information content (AvgIpc) is 2.36. The molecule has 0 saturated carbocycles. The highest BCUT2D eigenvalue weighted by atomic mass is 15.3. The van der Waals surface area contributed by atoms with Crippen LogP contribution < -0.4 is 11.1 Å². The number of nitrogens with two attached hydrogens (primary N) is 1. The highest BCUT2D eigenvalue weighted by molar-refractivity contribution is 5.50. The van der Waals surface area contributed by atoms with Gasteiger partial charge in [0.15, 0.2) is 0 Å². The van der Waals surface area contributed by atoms with Crippen LogP contribution in [0, 0.1) is 11.8 Å². The molecular formula is C8H12N4. The van der Waals surface area contributed by atoms with E-state index in [0.29, 0.717) is 12.4 Å². The Morgan fingerprint density at radius 3 is 3.00 bits per heavy atom. The van der Waals surface area contributed by atoms with Gasteiger partial charge in [0.25, 0.3) is 0 Å². The average molecular weight is 164 g/mol. The van der Waals surface area contributed by atoms with Gasteiger partial charge in [-0.2, -0.15) is 5.10 Å². The number of aromatic nitrogens is 2. The Kier molecular flexibility index (Phi) is 2.72. The molecular weight excluding hydrogens is 152 g/mol. The lowest BCUT2D eigenvalue weighted by Crippen LogP contribution is -2.04. The largest absolute Gasteiger partial charge is 0.383 e. The lowest BCUT2D eigenvalue weighted by molar-refractivity contribution is 0.779. The summed E-state index contributed by atoms with van der Waals surface area (Å²) in [5, 5.41) is 6.89. The monoisotopic (exact) mass is 164 g/mol. The Balaban J connectivity index is 2.78. The molecule has 1 rings (SSSR count). The molecule has 0 fully saturated rings. The van der Waals surface area contributed by atoms with Crippen LogP contribution in [0.1, 0.15) is 5.56 Å². The summed E-state index contributed by atoms with van der Waals surface area (Å²) in [4.78, 5) is 0. The Labute approximate surface area is 71.8 Å². The van der Waals surface area contributed by atoms with Crippen molar-refractivity contribution in [2.45, 2.75) is 0 Å². The van der Waals surface area contributed by atoms with Crippen LogP contribution in [0.15, 0.2) is 6.20 Å². The second kappa shape index (κ2) is 3.79. The van der Waals surface area contributed by atoms with Gasteiger partial charge in [-0.05, 0) is 7.05 Å². The van der Waals surface area contributed by atoms with Crippen molar-refractivity contribution >= 4 is 5.82 Å². The molecule has 0 unspecified atom stereocenters. The summed E-state index contributed by atoms with van der Waals surface area (Å²) < 4.78 is 1.60. The molecule has 1 aromatic rings. The van der Waals surface area contributed by atoms with Crippen LogP contribution in [-0.4, -0.2) is 23.4 Å². The van der Waals surface area contributed by atoms with Crippen molar-refractivity contribution in [3.05, 3.63) is 11.8 Å². The molecule has 0 spiro atoms. The minimum absolute atomic E-state index is 0.610. The van der Waals surface area contributed by atoms with E-state index >= 15 is 0 Å². The number of hydrogen-bond donors (Lipinski definition) is 2. The summed E-state index contributed by atoms with van der Waals surface area (Å²) in [7, 11) is 3.64. The predicted molar refractivity (Wildman–Crippen MR) is 48.4 cm³/mol. The van der Waals surface area contributed by atoms with Crippen molar-refractivity contribution in [3.8, 4) is 11.8 Å². The van der Waals surface area contributed by atoms with Gasteiger partial charge in [-0.1, -0.05) is 11.8 Å². The van der Waals surface area contributed by atoms with E-state index < -0.39 is 0 Å². The number of hydrogen-bond acceptors (Lipinski definition) is 3. The van der Waals surface area contributed by atoms with Gasteiger partial charge in [-0.3, -0.25) is 4.68 Å². The minimum atomic E-state index is 0.610. The van der Waals surface area contributed by atoms with Crippen LogP contribution in [0.4, 0.5) is 5.82 Å². The van der Waals surface area contributed by atoms with E-state index in [4.69, 9.17) is 5.73 Å². The predicted octanol–water partition coefficient (Wildman–Crippen LogP) is -0.427. The fraction of sp³-hybridized carbons (Fsp3) is 0.375. The highest BCUT2D eigenvalue weighted by Crippen LogP contribution is 2.05. The lowest BCUT2D eigenvalue weighted by atomic mass is 10.3. The van der Waals surface area contributed by atoms with Crippen LogP contribution in [0.25, 0.3) is 0 Å². The molecule has 0 bridgehead atoms. The molecule has 0 saturated heterocycles. The van der Waals surface area contributed by atoms with Gasteiger partial charge in [0, 0.05) is 7.05 Å². The van der Waals surface area contributed by atoms with Crippen LogP contribution in [-0.2, 0) is 7.05 Å². The quantitative estimate of drug-likeness (QED) is 0.554. The van der Waals surface area contributed by atoms with Crippen molar-refractivity contribution in [2.75, 3.05) is 19.3 Å². The van der Waals surface area contributed by atoms with E-state index in [1.807, 2.05) is 7.05 Å². The first-order chi connectivity index (χ1) is 5.75. The number of aryl methyl sites for hydroxylation is 1. The molecule has 0 aliphatic heterocycles. The standard InChI is InChI=1S/C8H12N4/c1-10-5-3-4-7-6-11-12(2)8(7)9/h6,10H,5,9H2,1-2H3. The topological polar surface area (TPSA) is 55.9 Å². The number of nitrogens with zero attached hydrogens (tertiary/aromatic N) is 2. The molecule has 0 aromatic carbocycles. The molecule has 1 heterocycles. The molecule has 3 N–H and O–H groups in total. The maximum Gasteiger partial charge on any atom is 0.137 e. The van der Waals surface area contributed by atoms with Crippen LogP contribution in [0.2, 0.25) is 0 Å². The van der Waals surface area contributed by atoms with Crippen molar-refractivity contribution in [1.29, 1.82) is 0 Å². The Morgan fingerprint density at radius 2 is 2.50 bits per heavy atom. The van der Waals surface area contributed by atoms with Crippen LogP contribution >= 0.6 is 0 Å². The van der Waals surface area contributed by atoms with Gasteiger partial charge in [0.2, 0.25) is 0 Å². The number of rotatable bonds is 1. The van der Waals surface area contributed by atoms with Crippen LogP contribution in [0.3, 0.4) is 0 Å². The maximum atomic E-state index is 5.66. The second-order valence-electron chi connectivity index (χ2n) is 2.40. The molecule has 0 radical (unpaired) electrons. The maximum absolute atomic E-state index is 5.66. The number of nitrogens with one attached hydrogen (secondary N) is 1. The third-order valence-corrected chi connectivity index (χ3v) is 1.47. The van der Waals surface area contributed by atoms with Gasteiger partial charge in [0.1, 0.15) is 5.82 Å². The molecule has 1 aromatic heterocycles. The summed E-state index contributed by atoms with van der Waals surface area (Å²) in [6.45, 7) is 0.661. The zero-order valence-corrected chi connectivity index (χ0v) is 7.26. The van der Waals surface area contributed by atoms with E-state index in [9.17, 15) is 0 Å². The summed E-state index contributed by atoms with van der Waals surface area (Å²) in [5.41, 5.74) is 6.45. The summed E-state index contributed by atoms with van der Waals surface area (Å²) in [6.07, 6.45) is 1.66. The van der Waals surface area contributed by atoms with E-state index in [1.54, 1.807) is 17.9 Å². The summed E-state index contributed by atoms with van der Waals surface area (Å²) >= 11 is 0. The van der Waals surface area contributed by atoms with Gasteiger partial charge in [-0.25, -0.2) is 0 Å². The lowest BCUT2D eigenvalue weighted by Gasteiger charge is -1.91. The van der Waals surface area contributed by atoms with Crippen molar-refractivity contribution in [3.63, 3.8) is 0 Å². The fourth-order valence-electron chi connectivity index (χ4n) is 0.771. The minimum Gasteiger partial charge on any atom is -0.383 e. The van der Waals surface area contributed by atoms with Crippen molar-refractivity contribution < 1.29 is 0 Å². The highest BCUT2D eigenvalue weighted by Gasteiger charge is 1.98. The van der Waals surface area contributed by atoms with E-state index in [-0.39, 0.29) is 0 Å². The summed E-state index contributed by atoms with van der Waals surface area (Å²) in [5.74, 6) is 6.43. The molecule has 64 valence electrons.